The predicted octanol–water partition coefficient (Wildman–Crippen LogP) is 1.10. The summed E-state index contributed by atoms with van der Waals surface area (Å²) in [5.41, 5.74) is 5.61. The first kappa shape index (κ1) is 13.5. The normalized spacial score (nSPS) is 19.4. The molecule has 19 heavy (non-hydrogen) atoms. The van der Waals surface area contributed by atoms with Gasteiger partial charge in [0.05, 0.1) is 4.92 Å². The molecule has 1 saturated heterocycles. The van der Waals surface area contributed by atoms with E-state index in [1.165, 1.54) is 12.1 Å². The Labute approximate surface area is 112 Å². The molecule has 7 heteroatoms. The molecule has 2 N–H and O–H groups in total. The third-order valence-corrected chi connectivity index (χ3v) is 3.69. The number of nitrogens with two attached hydrogens (primary N) is 1. The molecule has 7 nitrogen and oxygen atoms in total. The van der Waals surface area contributed by atoms with Crippen molar-refractivity contribution >= 4 is 17.3 Å². The van der Waals surface area contributed by atoms with E-state index in [0.29, 0.717) is 24.7 Å². The van der Waals surface area contributed by atoms with Crippen molar-refractivity contribution < 1.29 is 4.92 Å². The van der Waals surface area contributed by atoms with Gasteiger partial charge in [-0.3, -0.25) is 15.0 Å². The summed E-state index contributed by atoms with van der Waals surface area (Å²) in [5.74, 6) is 0.670. The van der Waals surface area contributed by atoms with Gasteiger partial charge in [0, 0.05) is 31.2 Å². The lowest BCUT2D eigenvalue weighted by Gasteiger charge is -2.45. The molecule has 1 fully saturated rings. The van der Waals surface area contributed by atoms with Crippen LogP contribution in [-0.2, 0) is 0 Å². The van der Waals surface area contributed by atoms with Crippen molar-refractivity contribution in [1.82, 2.24) is 9.88 Å². The summed E-state index contributed by atoms with van der Waals surface area (Å²) >= 11 is 0. The largest absolute Gasteiger partial charge is 0.384 e. The fourth-order valence-electron chi connectivity index (χ4n) is 2.25. The summed E-state index contributed by atoms with van der Waals surface area (Å²) in [5, 5.41) is 11.1. The van der Waals surface area contributed by atoms with Crippen molar-refractivity contribution in [3.05, 3.63) is 22.2 Å². The van der Waals surface area contributed by atoms with Gasteiger partial charge in [0.2, 0.25) is 5.82 Å². The van der Waals surface area contributed by atoms with Crippen molar-refractivity contribution in [3.63, 3.8) is 0 Å². The van der Waals surface area contributed by atoms with E-state index in [1.54, 1.807) is 0 Å². The summed E-state index contributed by atoms with van der Waals surface area (Å²) in [4.78, 5) is 19.0. The topological polar surface area (TPSA) is 88.5 Å². The van der Waals surface area contributed by atoms with Crippen LogP contribution in [0.1, 0.15) is 13.8 Å². The Morgan fingerprint density at radius 3 is 2.68 bits per heavy atom. The Balaban J connectivity index is 2.36. The highest BCUT2D eigenvalue weighted by molar-refractivity contribution is 5.61. The van der Waals surface area contributed by atoms with E-state index in [2.05, 4.69) is 30.8 Å². The lowest BCUT2D eigenvalue weighted by atomic mass is 9.99. The minimum atomic E-state index is -0.410. The molecule has 1 aromatic heterocycles. The first-order chi connectivity index (χ1) is 8.81. The fraction of sp³-hybridized carbons (Fsp3) is 0.583. The summed E-state index contributed by atoms with van der Waals surface area (Å²) in [6.45, 7) is 6.44. The number of pyridine rings is 1. The number of nitrogen functional groups attached to an aromatic ring is 1. The van der Waals surface area contributed by atoms with Crippen molar-refractivity contribution in [2.75, 3.05) is 37.3 Å². The smallest absolute Gasteiger partial charge is 0.311 e. The maximum absolute atomic E-state index is 11.1. The average Bonchev–Trinajstić information content (AvgIpc) is 2.32. The Bertz CT molecular complexity index is 503. The SMILES string of the molecule is CN1CCN(c2nc(N)ccc2[N+](=O)[O-])CC1(C)C. The molecule has 0 saturated carbocycles. The molecule has 2 heterocycles. The maximum atomic E-state index is 11.1. The van der Waals surface area contributed by atoms with E-state index >= 15 is 0 Å². The van der Waals surface area contributed by atoms with E-state index in [1.807, 2.05) is 4.90 Å². The van der Waals surface area contributed by atoms with Crippen LogP contribution in [0.25, 0.3) is 0 Å². The lowest BCUT2D eigenvalue weighted by Crippen LogP contribution is -2.58. The van der Waals surface area contributed by atoms with Crippen LogP contribution in [0.3, 0.4) is 0 Å². The molecular formula is C12H19N5O2. The first-order valence-electron chi connectivity index (χ1n) is 6.18. The molecule has 104 valence electrons. The molecule has 1 aliphatic heterocycles. The number of anilines is 2. The second-order valence-corrected chi connectivity index (χ2v) is 5.49. The second kappa shape index (κ2) is 4.65. The number of nitro groups is 1. The van der Waals surface area contributed by atoms with E-state index in [0.717, 1.165) is 6.54 Å². The van der Waals surface area contributed by atoms with E-state index < -0.39 is 4.92 Å². The summed E-state index contributed by atoms with van der Waals surface area (Å²) in [6, 6.07) is 2.88. The lowest BCUT2D eigenvalue weighted by molar-refractivity contribution is -0.384. The van der Waals surface area contributed by atoms with Gasteiger partial charge in [-0.1, -0.05) is 0 Å². The van der Waals surface area contributed by atoms with Gasteiger partial charge in [0.1, 0.15) is 5.82 Å². The molecule has 0 unspecified atom stereocenters. The first-order valence-corrected chi connectivity index (χ1v) is 6.18. The summed E-state index contributed by atoms with van der Waals surface area (Å²) in [7, 11) is 2.05. The van der Waals surface area contributed by atoms with Gasteiger partial charge in [-0.05, 0) is 27.0 Å². The van der Waals surface area contributed by atoms with Gasteiger partial charge < -0.3 is 10.6 Å². The molecule has 0 radical (unpaired) electrons. The van der Waals surface area contributed by atoms with Gasteiger partial charge in [0.25, 0.3) is 0 Å². The standard InChI is InChI=1S/C12H19N5O2/c1-12(2)8-16(7-6-15(12)3)11-9(17(18)19)4-5-10(13)14-11/h4-5H,6-8H2,1-3H3,(H2,13,14). The van der Waals surface area contributed by atoms with Gasteiger partial charge in [-0.2, -0.15) is 0 Å². The van der Waals surface area contributed by atoms with E-state index in [4.69, 9.17) is 5.73 Å². The zero-order valence-electron chi connectivity index (χ0n) is 11.5. The Morgan fingerprint density at radius 1 is 1.42 bits per heavy atom. The average molecular weight is 265 g/mol. The molecule has 0 aromatic carbocycles. The van der Waals surface area contributed by atoms with E-state index in [-0.39, 0.29) is 11.2 Å². The zero-order chi connectivity index (χ0) is 14.2. The van der Waals surface area contributed by atoms with Crippen LogP contribution in [-0.4, -0.2) is 47.0 Å². The van der Waals surface area contributed by atoms with E-state index in [9.17, 15) is 10.1 Å². The number of aromatic nitrogens is 1. The van der Waals surface area contributed by atoms with Crippen molar-refractivity contribution in [3.8, 4) is 0 Å². The Kier molecular flexibility index (Phi) is 3.32. The molecule has 0 bridgehead atoms. The van der Waals surface area contributed by atoms with Crippen LogP contribution in [0.5, 0.6) is 0 Å². The summed E-state index contributed by atoms with van der Waals surface area (Å²) < 4.78 is 0. The van der Waals surface area contributed by atoms with Crippen LogP contribution in [0.4, 0.5) is 17.3 Å². The highest BCUT2D eigenvalue weighted by Gasteiger charge is 2.34. The van der Waals surface area contributed by atoms with Crippen LogP contribution in [0, 0.1) is 10.1 Å². The minimum absolute atomic E-state index is 0.00885. The third kappa shape index (κ3) is 2.60. The molecule has 0 atom stereocenters. The molecule has 1 aliphatic rings. The number of nitrogens with zero attached hydrogens (tertiary/aromatic N) is 4. The van der Waals surface area contributed by atoms with Crippen molar-refractivity contribution in [2.24, 2.45) is 0 Å². The number of hydrogen-bond acceptors (Lipinski definition) is 6. The van der Waals surface area contributed by atoms with Crippen molar-refractivity contribution in [1.29, 1.82) is 0 Å². The predicted molar refractivity (Wildman–Crippen MR) is 74.2 cm³/mol. The van der Waals surface area contributed by atoms with Gasteiger partial charge in [-0.15, -0.1) is 0 Å². The fourth-order valence-corrected chi connectivity index (χ4v) is 2.25. The van der Waals surface area contributed by atoms with Crippen LogP contribution in [0.2, 0.25) is 0 Å². The minimum Gasteiger partial charge on any atom is -0.384 e. The molecule has 0 spiro atoms. The molecule has 0 aliphatic carbocycles. The van der Waals surface area contributed by atoms with Gasteiger partial charge >= 0.3 is 5.69 Å². The highest BCUT2D eigenvalue weighted by atomic mass is 16.6. The van der Waals surface area contributed by atoms with Crippen LogP contribution < -0.4 is 10.6 Å². The highest BCUT2D eigenvalue weighted by Crippen LogP contribution is 2.30. The molecule has 1 aromatic rings. The quantitative estimate of drug-likeness (QED) is 0.636. The van der Waals surface area contributed by atoms with Crippen molar-refractivity contribution in [2.45, 2.75) is 19.4 Å². The number of rotatable bonds is 2. The monoisotopic (exact) mass is 265 g/mol. The van der Waals surface area contributed by atoms with Crippen LogP contribution in [0.15, 0.2) is 12.1 Å². The summed E-state index contributed by atoms with van der Waals surface area (Å²) in [6.07, 6.45) is 0. The molecular weight excluding hydrogens is 246 g/mol. The number of piperazine rings is 1. The van der Waals surface area contributed by atoms with Gasteiger partial charge in [0.15, 0.2) is 0 Å². The van der Waals surface area contributed by atoms with Crippen LogP contribution >= 0.6 is 0 Å². The number of likely N-dealkylation sites (N-methyl/N-ethyl adjacent to an activating group) is 1. The Morgan fingerprint density at radius 2 is 2.11 bits per heavy atom. The number of hydrogen-bond donors (Lipinski definition) is 1. The Hall–Kier alpha value is -1.89. The molecule has 0 amide bonds. The maximum Gasteiger partial charge on any atom is 0.311 e. The molecule has 2 rings (SSSR count). The third-order valence-electron chi connectivity index (χ3n) is 3.69. The second-order valence-electron chi connectivity index (χ2n) is 5.49. The zero-order valence-corrected chi connectivity index (χ0v) is 11.5. The van der Waals surface area contributed by atoms with Gasteiger partial charge in [-0.25, -0.2) is 4.98 Å².